The van der Waals surface area contributed by atoms with Gasteiger partial charge in [-0.2, -0.15) is 0 Å². The number of nitrogens with zero attached hydrogens (tertiary/aromatic N) is 1. The van der Waals surface area contributed by atoms with Gasteiger partial charge in [-0.1, -0.05) is 6.92 Å². The summed E-state index contributed by atoms with van der Waals surface area (Å²) in [5, 5.41) is 12.1. The Kier molecular flexibility index (Phi) is 4.55. The van der Waals surface area contributed by atoms with Crippen LogP contribution in [0.2, 0.25) is 0 Å². The molecule has 1 aliphatic rings. The molecule has 2 amide bonds. The van der Waals surface area contributed by atoms with Crippen molar-refractivity contribution >= 4 is 12.0 Å². The fraction of sp³-hybridized carbons (Fsp3) is 0.600. The fourth-order valence-electron chi connectivity index (χ4n) is 2.71. The highest BCUT2D eigenvalue weighted by atomic mass is 16.4. The Bertz CT molecular complexity index is 515. The van der Waals surface area contributed by atoms with E-state index in [4.69, 9.17) is 4.42 Å². The third-order valence-electron chi connectivity index (χ3n) is 4.35. The van der Waals surface area contributed by atoms with Crippen LogP contribution in [0.3, 0.4) is 0 Å². The maximum absolute atomic E-state index is 12.1. The third-order valence-corrected chi connectivity index (χ3v) is 4.35. The average molecular weight is 294 g/mol. The molecule has 0 bridgehead atoms. The number of urea groups is 1. The predicted molar refractivity (Wildman–Crippen MR) is 76.8 cm³/mol. The van der Waals surface area contributed by atoms with Gasteiger partial charge in [-0.25, -0.2) is 4.79 Å². The molecule has 2 N–H and O–H groups in total. The highest BCUT2D eigenvalue weighted by Gasteiger charge is 2.40. The van der Waals surface area contributed by atoms with E-state index in [-0.39, 0.29) is 6.03 Å². The van der Waals surface area contributed by atoms with Gasteiger partial charge in [0, 0.05) is 13.1 Å². The van der Waals surface area contributed by atoms with Crippen LogP contribution in [0, 0.1) is 12.3 Å². The lowest BCUT2D eigenvalue weighted by Gasteiger charge is -2.38. The van der Waals surface area contributed by atoms with Gasteiger partial charge < -0.3 is 19.7 Å². The second-order valence-corrected chi connectivity index (χ2v) is 5.60. The molecule has 0 aromatic carbocycles. The molecule has 0 aliphatic carbocycles. The van der Waals surface area contributed by atoms with Gasteiger partial charge >= 0.3 is 12.0 Å². The van der Waals surface area contributed by atoms with Crippen LogP contribution in [0.15, 0.2) is 16.5 Å². The lowest BCUT2D eigenvalue weighted by atomic mass is 9.76. The fourth-order valence-corrected chi connectivity index (χ4v) is 2.71. The summed E-state index contributed by atoms with van der Waals surface area (Å²) >= 11 is 0. The van der Waals surface area contributed by atoms with Gasteiger partial charge in [-0.05, 0) is 38.3 Å². The molecule has 21 heavy (non-hydrogen) atoms. The summed E-state index contributed by atoms with van der Waals surface area (Å²) in [5.74, 6) is 0.772. The van der Waals surface area contributed by atoms with Crippen LogP contribution < -0.4 is 5.32 Å². The number of carboxylic acid groups (broad SMARTS) is 1. The number of likely N-dealkylation sites (tertiary alicyclic amines) is 1. The lowest BCUT2D eigenvalue weighted by Crippen LogP contribution is -2.49. The van der Waals surface area contributed by atoms with Gasteiger partial charge in [-0.3, -0.25) is 4.79 Å². The molecule has 1 aromatic heterocycles. The molecule has 0 saturated carbocycles. The molecule has 2 rings (SSSR count). The zero-order chi connectivity index (χ0) is 15.5. The van der Waals surface area contributed by atoms with Crippen molar-refractivity contribution in [2.45, 2.75) is 39.7 Å². The highest BCUT2D eigenvalue weighted by Crippen LogP contribution is 2.35. The normalized spacial score (nSPS) is 17.5. The van der Waals surface area contributed by atoms with E-state index in [9.17, 15) is 14.7 Å². The SMILES string of the molecule is CCC1(C(=O)O)CCN(C(=O)NCc2ccc(C)o2)CC1. The van der Waals surface area contributed by atoms with E-state index >= 15 is 0 Å². The first-order valence-corrected chi connectivity index (χ1v) is 7.28. The van der Waals surface area contributed by atoms with Crippen molar-refractivity contribution in [1.29, 1.82) is 0 Å². The summed E-state index contributed by atoms with van der Waals surface area (Å²) in [5.41, 5.74) is -0.672. The number of carbonyl (C=O) groups excluding carboxylic acids is 1. The molecule has 1 saturated heterocycles. The van der Waals surface area contributed by atoms with E-state index in [0.29, 0.717) is 44.7 Å². The second-order valence-electron chi connectivity index (χ2n) is 5.60. The Morgan fingerprint density at radius 1 is 1.38 bits per heavy atom. The average Bonchev–Trinajstić information content (AvgIpc) is 2.90. The van der Waals surface area contributed by atoms with Gasteiger partial charge in [0.25, 0.3) is 0 Å². The monoisotopic (exact) mass is 294 g/mol. The third kappa shape index (κ3) is 3.37. The van der Waals surface area contributed by atoms with E-state index in [1.54, 1.807) is 4.90 Å². The Hall–Kier alpha value is -1.98. The van der Waals surface area contributed by atoms with E-state index in [0.717, 1.165) is 5.76 Å². The molecule has 1 fully saturated rings. The van der Waals surface area contributed by atoms with Crippen molar-refractivity contribution in [3.63, 3.8) is 0 Å². The molecule has 6 nitrogen and oxygen atoms in total. The summed E-state index contributed by atoms with van der Waals surface area (Å²) in [6, 6.07) is 3.52. The molecule has 116 valence electrons. The number of rotatable bonds is 4. The highest BCUT2D eigenvalue weighted by molar-refractivity contribution is 5.77. The van der Waals surface area contributed by atoms with Gasteiger partial charge in [0.1, 0.15) is 11.5 Å². The number of hydrogen-bond donors (Lipinski definition) is 2. The molecule has 1 aromatic rings. The largest absolute Gasteiger partial charge is 0.481 e. The summed E-state index contributed by atoms with van der Waals surface area (Å²) in [6.45, 7) is 5.04. The number of aliphatic carboxylic acids is 1. The van der Waals surface area contributed by atoms with E-state index in [2.05, 4.69) is 5.32 Å². The standard InChI is InChI=1S/C15H22N2O4/c1-3-15(13(18)19)6-8-17(9-7-15)14(20)16-10-12-5-4-11(2)21-12/h4-5H,3,6-10H2,1-2H3,(H,16,20)(H,18,19). The smallest absolute Gasteiger partial charge is 0.317 e. The first-order valence-electron chi connectivity index (χ1n) is 7.28. The van der Waals surface area contributed by atoms with Gasteiger partial charge in [0.05, 0.1) is 12.0 Å². The molecule has 1 aliphatic heterocycles. The Labute approximate surface area is 124 Å². The second kappa shape index (κ2) is 6.20. The van der Waals surface area contributed by atoms with Crippen molar-refractivity contribution in [3.05, 3.63) is 23.7 Å². The molecule has 0 atom stereocenters. The Balaban J connectivity index is 1.84. The number of carboxylic acids is 1. The minimum absolute atomic E-state index is 0.167. The Morgan fingerprint density at radius 2 is 2.05 bits per heavy atom. The summed E-state index contributed by atoms with van der Waals surface area (Å²) < 4.78 is 5.39. The van der Waals surface area contributed by atoms with Crippen LogP contribution in [0.1, 0.15) is 37.7 Å². The first-order chi connectivity index (χ1) is 9.97. The molecular weight excluding hydrogens is 272 g/mol. The number of piperidine rings is 1. The molecule has 2 heterocycles. The number of carbonyl (C=O) groups is 2. The van der Waals surface area contributed by atoms with Crippen LogP contribution in [0.25, 0.3) is 0 Å². The van der Waals surface area contributed by atoms with Crippen molar-refractivity contribution in [3.8, 4) is 0 Å². The van der Waals surface area contributed by atoms with Crippen LogP contribution in [0.4, 0.5) is 4.79 Å². The van der Waals surface area contributed by atoms with Crippen LogP contribution in [-0.4, -0.2) is 35.1 Å². The van der Waals surface area contributed by atoms with E-state index in [1.165, 1.54) is 0 Å². The maximum Gasteiger partial charge on any atom is 0.317 e. The topological polar surface area (TPSA) is 82.8 Å². The van der Waals surface area contributed by atoms with E-state index < -0.39 is 11.4 Å². The minimum Gasteiger partial charge on any atom is -0.481 e. The summed E-state index contributed by atoms with van der Waals surface area (Å²) in [6.07, 6.45) is 1.61. The number of amides is 2. The molecule has 0 unspecified atom stereocenters. The number of aryl methyl sites for hydroxylation is 1. The molecule has 0 radical (unpaired) electrons. The van der Waals surface area contributed by atoms with Crippen LogP contribution in [-0.2, 0) is 11.3 Å². The number of furan rings is 1. The van der Waals surface area contributed by atoms with Crippen LogP contribution in [0.5, 0.6) is 0 Å². The zero-order valence-electron chi connectivity index (χ0n) is 12.5. The lowest BCUT2D eigenvalue weighted by molar-refractivity contribution is -0.151. The quantitative estimate of drug-likeness (QED) is 0.893. The molecular formula is C15H22N2O4. The van der Waals surface area contributed by atoms with Gasteiger partial charge in [0.2, 0.25) is 0 Å². The summed E-state index contributed by atoms with van der Waals surface area (Å²) in [7, 11) is 0. The Morgan fingerprint density at radius 3 is 2.52 bits per heavy atom. The molecule has 6 heteroatoms. The maximum atomic E-state index is 12.1. The molecule has 0 spiro atoms. The summed E-state index contributed by atoms with van der Waals surface area (Å²) in [4.78, 5) is 25.1. The number of hydrogen-bond acceptors (Lipinski definition) is 3. The zero-order valence-corrected chi connectivity index (χ0v) is 12.5. The minimum atomic E-state index is -0.754. The van der Waals surface area contributed by atoms with Gasteiger partial charge in [-0.15, -0.1) is 0 Å². The first kappa shape index (κ1) is 15.4. The van der Waals surface area contributed by atoms with Crippen molar-refractivity contribution in [2.75, 3.05) is 13.1 Å². The van der Waals surface area contributed by atoms with Crippen LogP contribution >= 0.6 is 0 Å². The van der Waals surface area contributed by atoms with Crippen molar-refractivity contribution in [1.82, 2.24) is 10.2 Å². The van der Waals surface area contributed by atoms with Crippen molar-refractivity contribution < 1.29 is 19.1 Å². The predicted octanol–water partition coefficient (Wildman–Crippen LogP) is 2.37. The number of nitrogens with one attached hydrogen (secondary N) is 1. The van der Waals surface area contributed by atoms with Crippen molar-refractivity contribution in [2.24, 2.45) is 5.41 Å². The van der Waals surface area contributed by atoms with E-state index in [1.807, 2.05) is 26.0 Å². The van der Waals surface area contributed by atoms with Gasteiger partial charge in [0.15, 0.2) is 0 Å².